The van der Waals surface area contributed by atoms with E-state index in [0.29, 0.717) is 16.9 Å². The summed E-state index contributed by atoms with van der Waals surface area (Å²) < 4.78 is 0. The molecule has 0 radical (unpaired) electrons. The summed E-state index contributed by atoms with van der Waals surface area (Å²) in [5.41, 5.74) is 2.45. The number of nitrogens with zero attached hydrogens (tertiary/aromatic N) is 1. The lowest BCUT2D eigenvalue weighted by atomic mass is 10.1. The first-order valence-electron chi connectivity index (χ1n) is 6.75. The van der Waals surface area contributed by atoms with Crippen molar-refractivity contribution in [2.24, 2.45) is 0 Å². The van der Waals surface area contributed by atoms with Crippen LogP contribution in [0.15, 0.2) is 71.5 Å². The number of hydrogen-bond acceptors (Lipinski definition) is 3. The Morgan fingerprint density at radius 3 is 2.50 bits per heavy atom. The Labute approximate surface area is 126 Å². The summed E-state index contributed by atoms with van der Waals surface area (Å²) >= 11 is 0. The number of carbonyl (C=O) groups excluding carboxylic acids is 1. The predicted octanol–water partition coefficient (Wildman–Crippen LogP) is 2.69. The zero-order chi connectivity index (χ0) is 15.4. The molecule has 0 aliphatic heterocycles. The van der Waals surface area contributed by atoms with Crippen LogP contribution < -0.4 is 10.9 Å². The molecule has 1 heterocycles. The summed E-state index contributed by atoms with van der Waals surface area (Å²) in [4.78, 5) is 23.2. The van der Waals surface area contributed by atoms with Crippen molar-refractivity contribution in [1.82, 2.24) is 10.2 Å². The molecular formula is C17H13N3O2. The summed E-state index contributed by atoms with van der Waals surface area (Å²) in [5, 5.41) is 9.21. The van der Waals surface area contributed by atoms with E-state index in [-0.39, 0.29) is 11.5 Å². The summed E-state index contributed by atoms with van der Waals surface area (Å²) in [6.07, 6.45) is 0. The van der Waals surface area contributed by atoms with Crippen LogP contribution in [0.5, 0.6) is 0 Å². The van der Waals surface area contributed by atoms with Gasteiger partial charge in [0.2, 0.25) is 0 Å². The van der Waals surface area contributed by atoms with Gasteiger partial charge in [0.05, 0.1) is 5.69 Å². The highest BCUT2D eigenvalue weighted by molar-refractivity contribution is 6.04. The van der Waals surface area contributed by atoms with Crippen LogP contribution in [0.3, 0.4) is 0 Å². The Morgan fingerprint density at radius 1 is 0.955 bits per heavy atom. The molecule has 2 aromatic carbocycles. The van der Waals surface area contributed by atoms with Crippen LogP contribution in [0, 0.1) is 0 Å². The van der Waals surface area contributed by atoms with E-state index in [9.17, 15) is 9.59 Å². The second-order valence-electron chi connectivity index (χ2n) is 4.71. The van der Waals surface area contributed by atoms with Gasteiger partial charge in [0.1, 0.15) is 0 Å². The summed E-state index contributed by atoms with van der Waals surface area (Å²) in [7, 11) is 0. The molecule has 2 N–H and O–H groups in total. The first kappa shape index (κ1) is 13.8. The molecule has 0 saturated heterocycles. The van der Waals surface area contributed by atoms with Gasteiger partial charge >= 0.3 is 0 Å². The normalized spacial score (nSPS) is 10.2. The number of carbonyl (C=O) groups is 1. The van der Waals surface area contributed by atoms with E-state index in [1.807, 2.05) is 36.4 Å². The van der Waals surface area contributed by atoms with Crippen molar-refractivity contribution < 1.29 is 4.79 Å². The van der Waals surface area contributed by atoms with Gasteiger partial charge in [-0.05, 0) is 30.3 Å². The highest BCUT2D eigenvalue weighted by Gasteiger charge is 2.06. The Hall–Kier alpha value is -3.21. The SMILES string of the molecule is O=C(Nc1cccc(-c2ccc(=O)[nH]n2)c1)c1ccccc1. The molecule has 5 heteroatoms. The van der Waals surface area contributed by atoms with Crippen LogP contribution in [0.2, 0.25) is 0 Å². The molecule has 0 spiro atoms. The summed E-state index contributed by atoms with van der Waals surface area (Å²) in [6.45, 7) is 0. The summed E-state index contributed by atoms with van der Waals surface area (Å²) in [5.74, 6) is -0.174. The van der Waals surface area contributed by atoms with Gasteiger partial charge in [0.15, 0.2) is 0 Å². The van der Waals surface area contributed by atoms with Crippen LogP contribution in [0.25, 0.3) is 11.3 Å². The third-order valence-corrected chi connectivity index (χ3v) is 3.13. The van der Waals surface area contributed by atoms with Crippen molar-refractivity contribution in [2.45, 2.75) is 0 Å². The number of aromatic nitrogens is 2. The van der Waals surface area contributed by atoms with E-state index in [1.54, 1.807) is 24.3 Å². The van der Waals surface area contributed by atoms with E-state index >= 15 is 0 Å². The smallest absolute Gasteiger partial charge is 0.264 e. The monoisotopic (exact) mass is 291 g/mol. The van der Waals surface area contributed by atoms with Gasteiger partial charge in [0.25, 0.3) is 11.5 Å². The zero-order valence-electron chi connectivity index (χ0n) is 11.6. The Kier molecular flexibility index (Phi) is 3.78. The van der Waals surface area contributed by atoms with Crippen molar-refractivity contribution in [3.05, 3.63) is 82.6 Å². The maximum atomic E-state index is 12.1. The van der Waals surface area contributed by atoms with E-state index in [0.717, 1.165) is 5.56 Å². The Balaban J connectivity index is 1.84. The molecule has 3 rings (SSSR count). The fourth-order valence-corrected chi connectivity index (χ4v) is 2.05. The molecule has 0 aliphatic rings. The molecule has 0 atom stereocenters. The second-order valence-corrected chi connectivity index (χ2v) is 4.71. The molecule has 108 valence electrons. The molecule has 0 fully saturated rings. The van der Waals surface area contributed by atoms with E-state index in [1.165, 1.54) is 6.07 Å². The van der Waals surface area contributed by atoms with Gasteiger partial charge in [0, 0.05) is 22.9 Å². The van der Waals surface area contributed by atoms with Crippen molar-refractivity contribution in [1.29, 1.82) is 0 Å². The molecule has 3 aromatic rings. The lowest BCUT2D eigenvalue weighted by Gasteiger charge is -2.07. The Bertz CT molecular complexity index is 837. The van der Waals surface area contributed by atoms with E-state index in [4.69, 9.17) is 0 Å². The lowest BCUT2D eigenvalue weighted by Crippen LogP contribution is -2.11. The third-order valence-electron chi connectivity index (χ3n) is 3.13. The van der Waals surface area contributed by atoms with Crippen molar-refractivity contribution in [3.8, 4) is 11.3 Å². The van der Waals surface area contributed by atoms with Gasteiger partial charge in [-0.25, -0.2) is 5.10 Å². The van der Waals surface area contributed by atoms with Crippen molar-refractivity contribution >= 4 is 11.6 Å². The minimum absolute atomic E-state index is 0.174. The largest absolute Gasteiger partial charge is 0.322 e. The van der Waals surface area contributed by atoms with Crippen LogP contribution in [0.4, 0.5) is 5.69 Å². The third kappa shape index (κ3) is 3.09. The van der Waals surface area contributed by atoms with Crippen molar-refractivity contribution in [3.63, 3.8) is 0 Å². The fraction of sp³-hybridized carbons (Fsp3) is 0. The number of rotatable bonds is 3. The molecule has 0 saturated carbocycles. The molecule has 1 amide bonds. The number of amides is 1. The fourth-order valence-electron chi connectivity index (χ4n) is 2.05. The molecule has 1 aromatic heterocycles. The van der Waals surface area contributed by atoms with Gasteiger partial charge in [-0.3, -0.25) is 9.59 Å². The highest BCUT2D eigenvalue weighted by Crippen LogP contribution is 2.20. The number of H-pyrrole nitrogens is 1. The van der Waals surface area contributed by atoms with Gasteiger partial charge in [-0.15, -0.1) is 0 Å². The minimum atomic E-state index is -0.253. The van der Waals surface area contributed by atoms with Gasteiger partial charge < -0.3 is 5.32 Å². The quantitative estimate of drug-likeness (QED) is 0.779. The number of benzene rings is 2. The number of nitrogens with one attached hydrogen (secondary N) is 2. The van der Waals surface area contributed by atoms with Gasteiger partial charge in [-0.2, -0.15) is 5.10 Å². The standard InChI is InChI=1S/C17H13N3O2/c21-16-10-9-15(19-20-16)13-7-4-8-14(11-13)18-17(22)12-5-2-1-3-6-12/h1-11H,(H,18,22)(H,20,21). The van der Waals surface area contributed by atoms with E-state index < -0.39 is 0 Å². The average molecular weight is 291 g/mol. The zero-order valence-corrected chi connectivity index (χ0v) is 11.6. The number of aromatic amines is 1. The first-order chi connectivity index (χ1) is 10.7. The maximum absolute atomic E-state index is 12.1. The van der Waals surface area contributed by atoms with Crippen molar-refractivity contribution in [2.75, 3.05) is 5.32 Å². The molecule has 0 bridgehead atoms. The molecule has 0 aliphatic carbocycles. The van der Waals surface area contributed by atoms with E-state index in [2.05, 4.69) is 15.5 Å². The molecular weight excluding hydrogens is 278 g/mol. The highest BCUT2D eigenvalue weighted by atomic mass is 16.1. The minimum Gasteiger partial charge on any atom is -0.322 e. The van der Waals surface area contributed by atoms with Gasteiger partial charge in [-0.1, -0.05) is 30.3 Å². The van der Waals surface area contributed by atoms with Crippen LogP contribution in [0.1, 0.15) is 10.4 Å². The lowest BCUT2D eigenvalue weighted by molar-refractivity contribution is 0.102. The van der Waals surface area contributed by atoms with Crippen LogP contribution >= 0.6 is 0 Å². The summed E-state index contributed by atoms with van der Waals surface area (Å²) in [6, 6.07) is 19.3. The first-order valence-corrected chi connectivity index (χ1v) is 6.75. The Morgan fingerprint density at radius 2 is 1.77 bits per heavy atom. The van der Waals surface area contributed by atoms with Crippen LogP contribution in [-0.4, -0.2) is 16.1 Å². The number of hydrogen-bond donors (Lipinski definition) is 2. The van der Waals surface area contributed by atoms with Crippen LogP contribution in [-0.2, 0) is 0 Å². The topological polar surface area (TPSA) is 74.8 Å². The predicted molar refractivity (Wildman–Crippen MR) is 84.7 cm³/mol. The second kappa shape index (κ2) is 6.05. The molecule has 22 heavy (non-hydrogen) atoms. The molecule has 0 unspecified atom stereocenters. The maximum Gasteiger partial charge on any atom is 0.264 e. The molecule has 5 nitrogen and oxygen atoms in total. The average Bonchev–Trinajstić information content (AvgIpc) is 2.56. The number of anilines is 1.